The fourth-order valence-electron chi connectivity index (χ4n) is 2.07. The van der Waals surface area contributed by atoms with Gasteiger partial charge >= 0.3 is 0 Å². The van der Waals surface area contributed by atoms with E-state index >= 15 is 0 Å². The van der Waals surface area contributed by atoms with Gasteiger partial charge in [-0.05, 0) is 12.8 Å². The van der Waals surface area contributed by atoms with Crippen molar-refractivity contribution in [1.82, 2.24) is 10.3 Å². The molecule has 0 amide bonds. The summed E-state index contributed by atoms with van der Waals surface area (Å²) in [6.07, 6.45) is 3.54. The minimum absolute atomic E-state index is 0.500. The number of rotatable bonds is 7. The van der Waals surface area contributed by atoms with Crippen molar-refractivity contribution in [3.05, 3.63) is 40.2 Å². The van der Waals surface area contributed by atoms with Gasteiger partial charge in [0.05, 0.1) is 10.7 Å². The first kappa shape index (κ1) is 15.2. The van der Waals surface area contributed by atoms with E-state index in [0.717, 1.165) is 18.7 Å². The van der Waals surface area contributed by atoms with Gasteiger partial charge in [0.1, 0.15) is 0 Å². The Balaban J connectivity index is 2.24. The largest absolute Gasteiger partial charge is 0.310 e. The summed E-state index contributed by atoms with van der Waals surface area (Å²) in [5, 5.41) is 4.78. The normalized spacial score (nSPS) is 11.2. The van der Waals surface area contributed by atoms with E-state index in [2.05, 4.69) is 56.4 Å². The minimum Gasteiger partial charge on any atom is -0.310 e. The van der Waals surface area contributed by atoms with E-state index in [0.29, 0.717) is 6.04 Å². The van der Waals surface area contributed by atoms with E-state index in [4.69, 9.17) is 4.98 Å². The van der Waals surface area contributed by atoms with Crippen LogP contribution in [0.2, 0.25) is 0 Å². The Morgan fingerprint density at radius 2 is 1.95 bits per heavy atom. The predicted octanol–water partition coefficient (Wildman–Crippen LogP) is 4.65. The zero-order chi connectivity index (χ0) is 14.4. The molecule has 0 bridgehead atoms. The molecule has 0 saturated heterocycles. The first-order valence-corrected chi connectivity index (χ1v) is 8.29. The van der Waals surface area contributed by atoms with Crippen molar-refractivity contribution in [2.24, 2.45) is 0 Å². The zero-order valence-corrected chi connectivity index (χ0v) is 13.5. The molecule has 0 atom stereocenters. The summed E-state index contributed by atoms with van der Waals surface area (Å²) in [6, 6.07) is 11.0. The van der Waals surface area contributed by atoms with Crippen LogP contribution in [-0.4, -0.2) is 11.0 Å². The molecule has 0 unspecified atom stereocenters. The third-order valence-corrected chi connectivity index (χ3v) is 4.32. The molecule has 0 aliphatic carbocycles. The second kappa shape index (κ2) is 7.55. The summed E-state index contributed by atoms with van der Waals surface area (Å²) in [5.74, 6) is 0. The standard InChI is InChI=1S/C17H24N2S/c1-4-5-11-16-19-17(14-9-7-6-8-10-14)15(20-16)12-18-13(2)3/h6-10,13,18H,4-5,11-12H2,1-3H3. The number of nitrogens with one attached hydrogen (secondary N) is 1. The molecule has 1 aromatic heterocycles. The summed E-state index contributed by atoms with van der Waals surface area (Å²) >= 11 is 1.86. The van der Waals surface area contributed by atoms with Gasteiger partial charge in [-0.1, -0.05) is 57.5 Å². The van der Waals surface area contributed by atoms with Gasteiger partial charge in [0.15, 0.2) is 0 Å². The van der Waals surface area contributed by atoms with Crippen LogP contribution in [0.3, 0.4) is 0 Å². The third kappa shape index (κ3) is 4.15. The van der Waals surface area contributed by atoms with E-state index in [1.807, 2.05) is 11.3 Å². The highest BCUT2D eigenvalue weighted by atomic mass is 32.1. The van der Waals surface area contributed by atoms with Crippen LogP contribution in [0.1, 0.15) is 43.5 Å². The number of hydrogen-bond donors (Lipinski definition) is 1. The first-order valence-electron chi connectivity index (χ1n) is 7.48. The van der Waals surface area contributed by atoms with Gasteiger partial charge in [-0.15, -0.1) is 11.3 Å². The summed E-state index contributed by atoms with van der Waals surface area (Å²) < 4.78 is 0. The SMILES string of the molecule is CCCCc1nc(-c2ccccc2)c(CNC(C)C)s1. The van der Waals surface area contributed by atoms with Crippen LogP contribution in [0.15, 0.2) is 30.3 Å². The van der Waals surface area contributed by atoms with Crippen LogP contribution < -0.4 is 5.32 Å². The zero-order valence-electron chi connectivity index (χ0n) is 12.6. The number of unbranched alkanes of at least 4 members (excludes halogenated alkanes) is 1. The third-order valence-electron chi connectivity index (χ3n) is 3.20. The molecule has 2 rings (SSSR count). The monoisotopic (exact) mass is 288 g/mol. The Bertz CT molecular complexity index is 517. The molecule has 0 aliphatic heterocycles. The van der Waals surface area contributed by atoms with Crippen molar-refractivity contribution < 1.29 is 0 Å². The Hall–Kier alpha value is -1.19. The van der Waals surface area contributed by atoms with E-state index in [-0.39, 0.29) is 0 Å². The highest BCUT2D eigenvalue weighted by molar-refractivity contribution is 7.12. The fraction of sp³-hybridized carbons (Fsp3) is 0.471. The number of nitrogens with zero attached hydrogens (tertiary/aromatic N) is 1. The van der Waals surface area contributed by atoms with E-state index < -0.39 is 0 Å². The van der Waals surface area contributed by atoms with Crippen molar-refractivity contribution in [3.63, 3.8) is 0 Å². The molecule has 0 spiro atoms. The smallest absolute Gasteiger partial charge is 0.0935 e. The lowest BCUT2D eigenvalue weighted by atomic mass is 10.1. The molecule has 2 nitrogen and oxygen atoms in total. The lowest BCUT2D eigenvalue weighted by molar-refractivity contribution is 0.593. The van der Waals surface area contributed by atoms with Crippen LogP contribution in [0.5, 0.6) is 0 Å². The van der Waals surface area contributed by atoms with Gasteiger partial charge in [-0.3, -0.25) is 0 Å². The Morgan fingerprint density at radius 1 is 1.20 bits per heavy atom. The van der Waals surface area contributed by atoms with Gasteiger partial charge in [0.25, 0.3) is 0 Å². The molecule has 108 valence electrons. The molecule has 0 fully saturated rings. The molecule has 0 radical (unpaired) electrons. The molecule has 0 saturated carbocycles. The minimum atomic E-state index is 0.500. The Labute approximate surface area is 126 Å². The lowest BCUT2D eigenvalue weighted by Gasteiger charge is -2.07. The van der Waals surface area contributed by atoms with Crippen molar-refractivity contribution in [2.45, 2.75) is 52.6 Å². The summed E-state index contributed by atoms with van der Waals surface area (Å²) in [7, 11) is 0. The van der Waals surface area contributed by atoms with Gasteiger partial charge < -0.3 is 5.32 Å². The predicted molar refractivity (Wildman–Crippen MR) is 88.1 cm³/mol. The quantitative estimate of drug-likeness (QED) is 0.802. The first-order chi connectivity index (χ1) is 9.70. The maximum absolute atomic E-state index is 4.87. The molecule has 1 heterocycles. The topological polar surface area (TPSA) is 24.9 Å². The number of benzene rings is 1. The number of aryl methyl sites for hydroxylation is 1. The van der Waals surface area contributed by atoms with Crippen molar-refractivity contribution in [1.29, 1.82) is 0 Å². The summed E-state index contributed by atoms with van der Waals surface area (Å²) in [5.41, 5.74) is 2.39. The van der Waals surface area contributed by atoms with Gasteiger partial charge in [0.2, 0.25) is 0 Å². The number of hydrogen-bond acceptors (Lipinski definition) is 3. The molecular weight excluding hydrogens is 264 g/mol. The average molecular weight is 288 g/mol. The lowest BCUT2D eigenvalue weighted by Crippen LogP contribution is -2.21. The van der Waals surface area contributed by atoms with Crippen LogP contribution in [0.4, 0.5) is 0 Å². The van der Waals surface area contributed by atoms with E-state index in [1.54, 1.807) is 0 Å². The molecule has 2 aromatic rings. The van der Waals surface area contributed by atoms with Crippen LogP contribution in [0.25, 0.3) is 11.3 Å². The highest BCUT2D eigenvalue weighted by Crippen LogP contribution is 2.29. The van der Waals surface area contributed by atoms with E-state index in [9.17, 15) is 0 Å². The van der Waals surface area contributed by atoms with E-state index in [1.165, 1.54) is 28.3 Å². The number of thiazole rings is 1. The molecule has 1 N–H and O–H groups in total. The maximum atomic E-state index is 4.87. The fourth-order valence-corrected chi connectivity index (χ4v) is 3.16. The number of aromatic nitrogens is 1. The van der Waals surface area contributed by atoms with Crippen molar-refractivity contribution in [2.75, 3.05) is 0 Å². The highest BCUT2D eigenvalue weighted by Gasteiger charge is 2.12. The second-order valence-electron chi connectivity index (χ2n) is 5.38. The second-order valence-corrected chi connectivity index (χ2v) is 6.55. The van der Waals surface area contributed by atoms with Crippen LogP contribution >= 0.6 is 11.3 Å². The molecule has 3 heteroatoms. The summed E-state index contributed by atoms with van der Waals surface area (Å²) in [6.45, 7) is 7.50. The van der Waals surface area contributed by atoms with Gasteiger partial charge in [-0.25, -0.2) is 4.98 Å². The van der Waals surface area contributed by atoms with Gasteiger partial charge in [0, 0.05) is 23.0 Å². The Morgan fingerprint density at radius 3 is 2.60 bits per heavy atom. The van der Waals surface area contributed by atoms with Crippen molar-refractivity contribution in [3.8, 4) is 11.3 Å². The Kier molecular flexibility index (Phi) is 5.74. The molecular formula is C17H24N2S. The van der Waals surface area contributed by atoms with Gasteiger partial charge in [-0.2, -0.15) is 0 Å². The van der Waals surface area contributed by atoms with Crippen LogP contribution in [-0.2, 0) is 13.0 Å². The maximum Gasteiger partial charge on any atom is 0.0935 e. The summed E-state index contributed by atoms with van der Waals surface area (Å²) in [4.78, 5) is 6.23. The van der Waals surface area contributed by atoms with Crippen LogP contribution in [0, 0.1) is 0 Å². The molecule has 1 aromatic carbocycles. The van der Waals surface area contributed by atoms with Crippen molar-refractivity contribution >= 4 is 11.3 Å². The average Bonchev–Trinajstić information content (AvgIpc) is 2.87. The molecule has 20 heavy (non-hydrogen) atoms. The molecule has 0 aliphatic rings.